The molecule has 3 unspecified atom stereocenters. The lowest BCUT2D eigenvalue weighted by atomic mass is 9.85. The monoisotopic (exact) mass is 452 g/mol. The van der Waals surface area contributed by atoms with Crippen LogP contribution >= 0.6 is 37.2 Å². The fourth-order valence-electron chi connectivity index (χ4n) is 4.05. The van der Waals surface area contributed by atoms with Gasteiger partial charge in [0.1, 0.15) is 0 Å². The highest BCUT2D eigenvalue weighted by atomic mass is 35.5. The molecule has 162 valence electrons. The summed E-state index contributed by atoms with van der Waals surface area (Å²) in [7, 11) is 0. The summed E-state index contributed by atoms with van der Waals surface area (Å²) in [5, 5.41) is 3.16. The number of rotatable bonds is 5. The molecular weight excluding hydrogens is 419 g/mol. The molecule has 0 aromatic heterocycles. The predicted molar refractivity (Wildman–Crippen MR) is 124 cm³/mol. The first-order valence-electron chi connectivity index (χ1n) is 9.71. The molecule has 1 saturated carbocycles. The third kappa shape index (κ3) is 7.60. The Kier molecular flexibility index (Phi) is 13.1. The van der Waals surface area contributed by atoms with Crippen LogP contribution in [0, 0.1) is 5.92 Å². The van der Waals surface area contributed by atoms with Crippen molar-refractivity contribution in [2.45, 2.75) is 44.7 Å². The van der Waals surface area contributed by atoms with E-state index in [1.165, 1.54) is 5.69 Å². The van der Waals surface area contributed by atoms with E-state index in [1.54, 1.807) is 0 Å². The number of nitrogens with zero attached hydrogens (tertiary/aromatic N) is 2. The Morgan fingerprint density at radius 2 is 1.75 bits per heavy atom. The van der Waals surface area contributed by atoms with Crippen molar-refractivity contribution in [3.05, 3.63) is 30.3 Å². The lowest BCUT2D eigenvalue weighted by Crippen LogP contribution is -2.53. The van der Waals surface area contributed by atoms with Gasteiger partial charge >= 0.3 is 0 Å². The Morgan fingerprint density at radius 3 is 2.36 bits per heavy atom. The van der Waals surface area contributed by atoms with Gasteiger partial charge in [0, 0.05) is 56.4 Å². The van der Waals surface area contributed by atoms with Crippen molar-refractivity contribution in [2.75, 3.05) is 37.6 Å². The van der Waals surface area contributed by atoms with E-state index in [0.29, 0.717) is 6.04 Å². The van der Waals surface area contributed by atoms with Gasteiger partial charge in [0.2, 0.25) is 5.91 Å². The van der Waals surface area contributed by atoms with Crippen LogP contribution in [0.25, 0.3) is 0 Å². The van der Waals surface area contributed by atoms with Crippen molar-refractivity contribution >= 4 is 48.8 Å². The quantitative estimate of drug-likeness (QED) is 0.719. The molecule has 1 saturated heterocycles. The third-order valence-corrected chi connectivity index (χ3v) is 5.72. The number of amides is 1. The number of benzene rings is 1. The van der Waals surface area contributed by atoms with Gasteiger partial charge in [-0.2, -0.15) is 0 Å². The summed E-state index contributed by atoms with van der Waals surface area (Å²) in [6, 6.07) is 11.2. The normalized spacial score (nSPS) is 23.4. The minimum absolute atomic E-state index is 0. The Labute approximate surface area is 188 Å². The molecule has 1 aliphatic heterocycles. The van der Waals surface area contributed by atoms with Crippen LogP contribution in [-0.2, 0) is 4.79 Å². The highest BCUT2D eigenvalue weighted by Crippen LogP contribution is 2.23. The van der Waals surface area contributed by atoms with Gasteiger partial charge in [0.15, 0.2) is 0 Å². The van der Waals surface area contributed by atoms with Crippen LogP contribution in [-0.4, -0.2) is 55.6 Å². The van der Waals surface area contributed by atoms with Crippen molar-refractivity contribution in [1.82, 2.24) is 10.2 Å². The van der Waals surface area contributed by atoms with Crippen LogP contribution < -0.4 is 16.0 Å². The van der Waals surface area contributed by atoms with E-state index in [2.05, 4.69) is 52.4 Å². The Balaban J connectivity index is 0.00000243. The van der Waals surface area contributed by atoms with Gasteiger partial charge in [-0.25, -0.2) is 0 Å². The van der Waals surface area contributed by atoms with Crippen LogP contribution in [0.15, 0.2) is 30.3 Å². The first-order chi connectivity index (χ1) is 12.1. The molecule has 8 heteroatoms. The minimum Gasteiger partial charge on any atom is -0.369 e. The topological polar surface area (TPSA) is 61.6 Å². The summed E-state index contributed by atoms with van der Waals surface area (Å²) in [6.45, 7) is 7.11. The van der Waals surface area contributed by atoms with E-state index < -0.39 is 0 Å². The number of nitrogens with one attached hydrogen (secondary N) is 1. The summed E-state index contributed by atoms with van der Waals surface area (Å²) >= 11 is 0. The van der Waals surface area contributed by atoms with Crippen molar-refractivity contribution in [3.63, 3.8) is 0 Å². The van der Waals surface area contributed by atoms with Crippen molar-refractivity contribution in [3.8, 4) is 0 Å². The van der Waals surface area contributed by atoms with E-state index in [1.807, 2.05) is 0 Å². The molecule has 2 aliphatic rings. The molecule has 0 spiro atoms. The summed E-state index contributed by atoms with van der Waals surface area (Å²) in [4.78, 5) is 17.3. The van der Waals surface area contributed by atoms with Crippen molar-refractivity contribution in [1.29, 1.82) is 0 Å². The minimum atomic E-state index is 0. The molecule has 1 heterocycles. The molecule has 1 aromatic rings. The average molecular weight is 454 g/mol. The smallest absolute Gasteiger partial charge is 0.223 e. The van der Waals surface area contributed by atoms with E-state index in [4.69, 9.17) is 5.73 Å². The van der Waals surface area contributed by atoms with Gasteiger partial charge < -0.3 is 16.0 Å². The highest BCUT2D eigenvalue weighted by molar-refractivity contribution is 5.86. The standard InChI is InChI=1S/C20H32N4O.3ClH/c1-16(15-22-20(25)17-6-5-7-18(21)14-17)23-10-12-24(13-11-23)19-8-3-2-4-9-19;;;/h2-4,8-9,16-18H,5-7,10-15,21H2,1H3,(H,22,25);3*1H. The summed E-state index contributed by atoms with van der Waals surface area (Å²) < 4.78 is 0. The molecule has 5 nitrogen and oxygen atoms in total. The second-order valence-corrected chi connectivity index (χ2v) is 7.58. The van der Waals surface area contributed by atoms with Gasteiger partial charge in [-0.05, 0) is 38.3 Å². The second kappa shape index (κ2) is 13.5. The first kappa shape index (κ1) is 27.3. The number of para-hydroxylation sites is 1. The average Bonchev–Trinajstić information content (AvgIpc) is 2.66. The fraction of sp³-hybridized carbons (Fsp3) is 0.650. The zero-order chi connectivity index (χ0) is 17.6. The molecule has 0 radical (unpaired) electrons. The number of nitrogens with two attached hydrogens (primary N) is 1. The summed E-state index contributed by atoms with van der Waals surface area (Å²) in [6.07, 6.45) is 3.97. The Bertz CT molecular complexity index is 556. The maximum Gasteiger partial charge on any atom is 0.223 e. The predicted octanol–water partition coefficient (Wildman–Crippen LogP) is 3.10. The maximum atomic E-state index is 12.4. The van der Waals surface area contributed by atoms with Crippen LogP contribution in [0.2, 0.25) is 0 Å². The maximum absolute atomic E-state index is 12.4. The largest absolute Gasteiger partial charge is 0.369 e. The number of hydrogen-bond acceptors (Lipinski definition) is 4. The molecule has 3 atom stereocenters. The number of halogens is 3. The van der Waals surface area contributed by atoms with E-state index in [-0.39, 0.29) is 55.1 Å². The van der Waals surface area contributed by atoms with E-state index in [9.17, 15) is 4.79 Å². The highest BCUT2D eigenvalue weighted by Gasteiger charge is 2.26. The van der Waals surface area contributed by atoms with Gasteiger partial charge in [0.05, 0.1) is 0 Å². The molecule has 1 amide bonds. The zero-order valence-electron chi connectivity index (χ0n) is 16.6. The van der Waals surface area contributed by atoms with E-state index >= 15 is 0 Å². The molecule has 1 aromatic carbocycles. The number of piperazine rings is 1. The van der Waals surface area contributed by atoms with Gasteiger partial charge in [-0.15, -0.1) is 37.2 Å². The van der Waals surface area contributed by atoms with Gasteiger partial charge in [0.25, 0.3) is 0 Å². The zero-order valence-corrected chi connectivity index (χ0v) is 19.0. The number of anilines is 1. The van der Waals surface area contributed by atoms with E-state index in [0.717, 1.165) is 58.4 Å². The SMILES string of the molecule is CC(CNC(=O)C1CCCC(N)C1)N1CCN(c2ccccc2)CC1.Cl.Cl.Cl. The lowest BCUT2D eigenvalue weighted by Gasteiger charge is -2.39. The van der Waals surface area contributed by atoms with Crippen molar-refractivity contribution < 1.29 is 4.79 Å². The summed E-state index contributed by atoms with van der Waals surface area (Å²) in [5.41, 5.74) is 7.31. The molecule has 3 rings (SSSR count). The van der Waals surface area contributed by atoms with Crippen molar-refractivity contribution in [2.24, 2.45) is 11.7 Å². The molecule has 28 heavy (non-hydrogen) atoms. The third-order valence-electron chi connectivity index (χ3n) is 5.72. The second-order valence-electron chi connectivity index (χ2n) is 7.58. The number of carbonyl (C=O) groups excluding carboxylic acids is 1. The lowest BCUT2D eigenvalue weighted by molar-refractivity contribution is -0.126. The summed E-state index contributed by atoms with van der Waals surface area (Å²) in [5.74, 6) is 0.316. The number of carbonyl (C=O) groups is 1. The molecular formula is C20H35Cl3N4O. The fourth-order valence-corrected chi connectivity index (χ4v) is 4.05. The van der Waals surface area contributed by atoms with Crippen LogP contribution in [0.4, 0.5) is 5.69 Å². The van der Waals surface area contributed by atoms with Crippen LogP contribution in [0.5, 0.6) is 0 Å². The van der Waals surface area contributed by atoms with Gasteiger partial charge in [-0.1, -0.05) is 24.6 Å². The Morgan fingerprint density at radius 1 is 1.11 bits per heavy atom. The number of hydrogen-bond donors (Lipinski definition) is 2. The van der Waals surface area contributed by atoms with Crippen LogP contribution in [0.3, 0.4) is 0 Å². The molecule has 0 bridgehead atoms. The molecule has 3 N–H and O–H groups in total. The molecule has 1 aliphatic carbocycles. The molecule has 2 fully saturated rings. The van der Waals surface area contributed by atoms with Crippen LogP contribution in [0.1, 0.15) is 32.6 Å². The first-order valence-corrected chi connectivity index (χ1v) is 9.71. The van der Waals surface area contributed by atoms with Gasteiger partial charge in [-0.3, -0.25) is 9.69 Å². The Hall–Kier alpha value is -0.720.